The Morgan fingerprint density at radius 3 is 2.61 bits per heavy atom. The third kappa shape index (κ3) is 4.77. The lowest BCUT2D eigenvalue weighted by Crippen LogP contribution is -2.07. The van der Waals surface area contributed by atoms with Crippen LogP contribution in [0.15, 0.2) is 11.1 Å². The molecule has 0 atom stereocenters. The Labute approximate surface area is 109 Å². The van der Waals surface area contributed by atoms with E-state index in [0.717, 1.165) is 24.1 Å². The molecule has 1 N–H and O–H groups in total. The largest absolute Gasteiger partial charge is 0.368 e. The monoisotopic (exact) mass is 296 g/mol. The Morgan fingerprint density at radius 2 is 2.06 bits per heavy atom. The molecule has 0 aromatic carbocycles. The molecule has 0 radical (unpaired) electrons. The summed E-state index contributed by atoms with van der Waals surface area (Å²) in [4.78, 5) is 3.79. The average molecular weight is 296 g/mol. The molecule has 0 amide bonds. The summed E-state index contributed by atoms with van der Waals surface area (Å²) in [6, 6.07) is 0.744. The topological polar surface area (TPSA) is 59.1 Å². The molecule has 4 nitrogen and oxygen atoms in total. The Morgan fingerprint density at radius 1 is 1.39 bits per heavy atom. The van der Waals surface area contributed by atoms with Gasteiger partial charge in [0.2, 0.25) is 0 Å². The van der Waals surface area contributed by atoms with Gasteiger partial charge in [-0.3, -0.25) is 0 Å². The highest BCUT2D eigenvalue weighted by atomic mass is 32.2. The molecule has 1 heterocycles. The first-order chi connectivity index (χ1) is 8.33. The van der Waals surface area contributed by atoms with Crippen molar-refractivity contribution >= 4 is 27.4 Å². The first-order valence-corrected chi connectivity index (χ1v) is 8.28. The van der Waals surface area contributed by atoms with Crippen molar-refractivity contribution < 1.29 is 17.2 Å². The highest BCUT2D eigenvalue weighted by Crippen LogP contribution is 2.23. The van der Waals surface area contributed by atoms with Gasteiger partial charge in [-0.15, -0.1) is 11.8 Å². The molecule has 0 saturated carbocycles. The van der Waals surface area contributed by atoms with E-state index in [1.807, 2.05) is 0 Å². The average Bonchev–Trinajstić information content (AvgIpc) is 2.23. The van der Waals surface area contributed by atoms with Crippen LogP contribution in [0.1, 0.15) is 6.92 Å². The molecule has 18 heavy (non-hydrogen) atoms. The minimum absolute atomic E-state index is 0.00370. The molecule has 1 aromatic heterocycles. The van der Waals surface area contributed by atoms with Crippen molar-refractivity contribution in [1.82, 2.24) is 4.98 Å². The molecule has 0 bridgehead atoms. The predicted octanol–water partition coefficient (Wildman–Crippen LogP) is 1.93. The summed E-state index contributed by atoms with van der Waals surface area (Å²) in [5, 5.41) is 2.66. The summed E-state index contributed by atoms with van der Waals surface area (Å²) >= 11 is 0.951. The molecule has 0 spiro atoms. The van der Waals surface area contributed by atoms with Crippen LogP contribution in [0.2, 0.25) is 0 Å². The SMILES string of the molecule is CCNc1nc(SCCS(C)(=O)=O)c(F)cc1F. The summed E-state index contributed by atoms with van der Waals surface area (Å²) in [7, 11) is -3.10. The number of nitrogens with one attached hydrogen (secondary N) is 1. The van der Waals surface area contributed by atoms with E-state index in [-0.39, 0.29) is 22.3 Å². The van der Waals surface area contributed by atoms with E-state index < -0.39 is 21.5 Å². The number of anilines is 1. The van der Waals surface area contributed by atoms with Crippen molar-refractivity contribution in [2.75, 3.05) is 29.6 Å². The summed E-state index contributed by atoms with van der Waals surface area (Å²) < 4.78 is 48.5. The molecular formula is C10H14F2N2O2S2. The smallest absolute Gasteiger partial charge is 0.168 e. The summed E-state index contributed by atoms with van der Waals surface area (Å²) in [6.45, 7) is 2.23. The number of halogens is 2. The minimum Gasteiger partial charge on any atom is -0.368 e. The van der Waals surface area contributed by atoms with Crippen molar-refractivity contribution in [1.29, 1.82) is 0 Å². The zero-order valence-corrected chi connectivity index (χ0v) is 11.7. The highest BCUT2D eigenvalue weighted by Gasteiger charge is 2.12. The predicted molar refractivity (Wildman–Crippen MR) is 68.8 cm³/mol. The second kappa shape index (κ2) is 6.33. The Hall–Kier alpha value is -0.890. The molecule has 0 fully saturated rings. The maximum atomic E-state index is 13.4. The standard InChI is InChI=1S/C10H14F2N2O2S2/c1-3-13-9-7(11)6-8(12)10(14-9)17-4-5-18(2,15)16/h6H,3-5H2,1-2H3,(H,13,14). The van der Waals surface area contributed by atoms with Gasteiger partial charge in [-0.1, -0.05) is 0 Å². The van der Waals surface area contributed by atoms with E-state index in [2.05, 4.69) is 10.3 Å². The van der Waals surface area contributed by atoms with Crippen LogP contribution in [0.5, 0.6) is 0 Å². The first kappa shape index (κ1) is 15.2. The van der Waals surface area contributed by atoms with E-state index >= 15 is 0 Å². The van der Waals surface area contributed by atoms with Gasteiger partial charge in [-0.2, -0.15) is 0 Å². The van der Waals surface area contributed by atoms with E-state index in [1.165, 1.54) is 0 Å². The van der Waals surface area contributed by atoms with Crippen LogP contribution in [-0.2, 0) is 9.84 Å². The summed E-state index contributed by atoms with van der Waals surface area (Å²) in [5.74, 6) is -1.47. The molecule has 102 valence electrons. The highest BCUT2D eigenvalue weighted by molar-refractivity contribution is 8.00. The molecule has 0 saturated heterocycles. The molecular weight excluding hydrogens is 282 g/mol. The molecule has 1 aromatic rings. The second-order valence-electron chi connectivity index (χ2n) is 3.61. The molecule has 8 heteroatoms. The van der Waals surface area contributed by atoms with Crippen molar-refractivity contribution in [3.8, 4) is 0 Å². The van der Waals surface area contributed by atoms with Crippen molar-refractivity contribution in [2.45, 2.75) is 11.9 Å². The summed E-state index contributed by atoms with van der Waals surface area (Å²) in [6.07, 6.45) is 1.10. The molecule has 0 unspecified atom stereocenters. The maximum absolute atomic E-state index is 13.4. The number of pyridine rings is 1. The lowest BCUT2D eigenvalue weighted by atomic mass is 10.4. The van der Waals surface area contributed by atoms with Crippen LogP contribution in [0.25, 0.3) is 0 Å². The van der Waals surface area contributed by atoms with Crippen LogP contribution in [0.3, 0.4) is 0 Å². The van der Waals surface area contributed by atoms with Gasteiger partial charge in [0.25, 0.3) is 0 Å². The fraction of sp³-hybridized carbons (Fsp3) is 0.500. The zero-order valence-electron chi connectivity index (χ0n) is 10.0. The number of aromatic nitrogens is 1. The Balaban J connectivity index is 2.79. The maximum Gasteiger partial charge on any atom is 0.168 e. The fourth-order valence-electron chi connectivity index (χ4n) is 1.13. The molecule has 0 aliphatic heterocycles. The second-order valence-corrected chi connectivity index (χ2v) is 6.96. The molecule has 1 rings (SSSR count). The van der Waals surface area contributed by atoms with Crippen LogP contribution < -0.4 is 5.32 Å². The number of rotatable bonds is 6. The zero-order chi connectivity index (χ0) is 13.8. The number of hydrogen-bond acceptors (Lipinski definition) is 5. The fourth-order valence-corrected chi connectivity index (χ4v) is 3.22. The number of hydrogen-bond donors (Lipinski definition) is 1. The normalized spacial score (nSPS) is 11.6. The number of nitrogens with zero attached hydrogens (tertiary/aromatic N) is 1. The van der Waals surface area contributed by atoms with Gasteiger partial charge >= 0.3 is 0 Å². The molecule has 0 aliphatic carbocycles. The number of sulfone groups is 1. The first-order valence-electron chi connectivity index (χ1n) is 5.24. The molecule has 0 aliphatic rings. The van der Waals surface area contributed by atoms with Gasteiger partial charge < -0.3 is 5.32 Å². The van der Waals surface area contributed by atoms with E-state index in [1.54, 1.807) is 6.92 Å². The Kier molecular flexibility index (Phi) is 5.33. The van der Waals surface area contributed by atoms with Crippen molar-refractivity contribution in [2.24, 2.45) is 0 Å². The van der Waals surface area contributed by atoms with Gasteiger partial charge in [0.05, 0.1) is 5.75 Å². The lowest BCUT2D eigenvalue weighted by Gasteiger charge is -2.07. The van der Waals surface area contributed by atoms with E-state index in [0.29, 0.717) is 6.54 Å². The Bertz CT molecular complexity index is 521. The third-order valence-corrected chi connectivity index (χ3v) is 4.11. The van der Waals surface area contributed by atoms with Gasteiger partial charge in [-0.25, -0.2) is 22.2 Å². The third-order valence-electron chi connectivity index (χ3n) is 1.93. The van der Waals surface area contributed by atoms with Crippen LogP contribution in [0.4, 0.5) is 14.6 Å². The van der Waals surface area contributed by atoms with Gasteiger partial charge in [0, 0.05) is 24.6 Å². The van der Waals surface area contributed by atoms with Gasteiger partial charge in [0.15, 0.2) is 17.5 Å². The van der Waals surface area contributed by atoms with Gasteiger partial charge in [-0.05, 0) is 6.92 Å². The van der Waals surface area contributed by atoms with E-state index in [9.17, 15) is 17.2 Å². The van der Waals surface area contributed by atoms with Crippen LogP contribution >= 0.6 is 11.8 Å². The summed E-state index contributed by atoms with van der Waals surface area (Å²) in [5.41, 5.74) is 0. The minimum atomic E-state index is -3.10. The van der Waals surface area contributed by atoms with E-state index in [4.69, 9.17) is 0 Å². The van der Waals surface area contributed by atoms with Crippen LogP contribution in [-0.4, -0.2) is 37.7 Å². The van der Waals surface area contributed by atoms with Crippen molar-refractivity contribution in [3.05, 3.63) is 17.7 Å². The number of thioether (sulfide) groups is 1. The van der Waals surface area contributed by atoms with Crippen LogP contribution in [0, 0.1) is 11.6 Å². The lowest BCUT2D eigenvalue weighted by molar-refractivity contribution is 0.551. The quantitative estimate of drug-likeness (QED) is 0.813. The van der Waals surface area contributed by atoms with Gasteiger partial charge in [0.1, 0.15) is 14.9 Å². The van der Waals surface area contributed by atoms with Crippen molar-refractivity contribution in [3.63, 3.8) is 0 Å².